The van der Waals surface area contributed by atoms with E-state index in [9.17, 15) is 4.79 Å². The summed E-state index contributed by atoms with van der Waals surface area (Å²) in [5, 5.41) is 3.08. The fourth-order valence-corrected chi connectivity index (χ4v) is 2.61. The number of ether oxygens (including phenoxy) is 2. The predicted molar refractivity (Wildman–Crippen MR) is 87.2 cm³/mol. The van der Waals surface area contributed by atoms with Crippen LogP contribution in [0.25, 0.3) is 0 Å². The van der Waals surface area contributed by atoms with Gasteiger partial charge in [0.15, 0.2) is 11.5 Å². The maximum absolute atomic E-state index is 12.0. The number of hydrogen-bond donors (Lipinski definition) is 1. The fraction of sp³-hybridized carbons (Fsp3) is 0.611. The summed E-state index contributed by atoms with van der Waals surface area (Å²) in [6.07, 6.45) is 4.67. The van der Waals surface area contributed by atoms with Crippen LogP contribution in [0.5, 0.6) is 11.5 Å². The fourth-order valence-electron chi connectivity index (χ4n) is 2.61. The van der Waals surface area contributed by atoms with Crippen LogP contribution in [0.1, 0.15) is 52.0 Å². The third-order valence-electron chi connectivity index (χ3n) is 3.90. The molecule has 0 aliphatic carbocycles. The van der Waals surface area contributed by atoms with Crippen molar-refractivity contribution in [2.45, 2.75) is 58.9 Å². The van der Waals surface area contributed by atoms with Crippen molar-refractivity contribution in [1.29, 1.82) is 0 Å². The zero-order chi connectivity index (χ0) is 15.9. The van der Waals surface area contributed by atoms with Crippen LogP contribution in [0.2, 0.25) is 0 Å². The summed E-state index contributed by atoms with van der Waals surface area (Å²) >= 11 is 0. The van der Waals surface area contributed by atoms with Gasteiger partial charge < -0.3 is 14.8 Å². The first-order valence-corrected chi connectivity index (χ1v) is 8.22. The average Bonchev–Trinajstić information content (AvgIpc) is 2.92. The molecule has 1 aromatic carbocycles. The summed E-state index contributed by atoms with van der Waals surface area (Å²) in [7, 11) is 0. The van der Waals surface area contributed by atoms with Gasteiger partial charge in [-0.2, -0.15) is 0 Å². The second-order valence-electron chi connectivity index (χ2n) is 6.48. The molecule has 1 N–H and O–H groups in total. The van der Waals surface area contributed by atoms with Crippen LogP contribution in [0.15, 0.2) is 18.2 Å². The highest BCUT2D eigenvalue weighted by atomic mass is 16.7. The molecule has 1 atom stereocenters. The Balaban J connectivity index is 1.69. The Kier molecular flexibility index (Phi) is 6.10. The number of benzene rings is 1. The monoisotopic (exact) mass is 305 g/mol. The van der Waals surface area contributed by atoms with Gasteiger partial charge in [0.1, 0.15) is 0 Å². The summed E-state index contributed by atoms with van der Waals surface area (Å²) in [6, 6.07) is 6.11. The van der Waals surface area contributed by atoms with Gasteiger partial charge >= 0.3 is 0 Å². The van der Waals surface area contributed by atoms with E-state index >= 15 is 0 Å². The lowest BCUT2D eigenvalue weighted by molar-refractivity contribution is -0.121. The normalized spacial score (nSPS) is 14.2. The molecule has 0 aromatic heterocycles. The molecule has 1 unspecified atom stereocenters. The Labute approximate surface area is 133 Å². The second kappa shape index (κ2) is 8.06. The van der Waals surface area contributed by atoms with Crippen LogP contribution in [-0.4, -0.2) is 18.7 Å². The van der Waals surface area contributed by atoms with E-state index in [1.54, 1.807) is 0 Å². The van der Waals surface area contributed by atoms with E-state index in [4.69, 9.17) is 9.47 Å². The molecule has 22 heavy (non-hydrogen) atoms. The van der Waals surface area contributed by atoms with Crippen molar-refractivity contribution in [1.82, 2.24) is 5.32 Å². The van der Waals surface area contributed by atoms with Gasteiger partial charge in [-0.15, -0.1) is 0 Å². The topological polar surface area (TPSA) is 47.6 Å². The van der Waals surface area contributed by atoms with Gasteiger partial charge in [0.05, 0.1) is 0 Å². The minimum Gasteiger partial charge on any atom is -0.454 e. The molecular formula is C18H27NO3. The number of amides is 1. The van der Waals surface area contributed by atoms with E-state index in [0.29, 0.717) is 6.42 Å². The van der Waals surface area contributed by atoms with Crippen molar-refractivity contribution in [3.05, 3.63) is 23.8 Å². The highest BCUT2D eigenvalue weighted by molar-refractivity contribution is 5.76. The SMILES string of the molecule is CC(C)CCCC(C)NC(=O)CCc1ccc2c(c1)OCO2. The lowest BCUT2D eigenvalue weighted by Gasteiger charge is -2.14. The van der Waals surface area contributed by atoms with E-state index in [1.165, 1.54) is 12.8 Å². The molecule has 0 fully saturated rings. The number of carbonyl (C=O) groups excluding carboxylic acids is 1. The van der Waals surface area contributed by atoms with Crippen molar-refractivity contribution >= 4 is 5.91 Å². The van der Waals surface area contributed by atoms with Crippen LogP contribution in [0, 0.1) is 5.92 Å². The highest BCUT2D eigenvalue weighted by Gasteiger charge is 2.14. The van der Waals surface area contributed by atoms with Gasteiger partial charge in [0, 0.05) is 12.5 Å². The summed E-state index contributed by atoms with van der Waals surface area (Å²) in [4.78, 5) is 12.0. The first-order chi connectivity index (χ1) is 10.5. The molecule has 0 saturated heterocycles. The Hall–Kier alpha value is -1.71. The summed E-state index contributed by atoms with van der Waals surface area (Å²) in [5.74, 6) is 2.41. The van der Waals surface area contributed by atoms with Crippen molar-refractivity contribution in [2.75, 3.05) is 6.79 Å². The minimum atomic E-state index is 0.120. The van der Waals surface area contributed by atoms with Crippen LogP contribution >= 0.6 is 0 Å². The van der Waals surface area contributed by atoms with Crippen LogP contribution in [0.4, 0.5) is 0 Å². The first kappa shape index (κ1) is 16.7. The standard InChI is InChI=1S/C18H27NO3/c1-13(2)5-4-6-14(3)19-18(20)10-8-15-7-9-16-17(11-15)22-12-21-16/h7,9,11,13-14H,4-6,8,10,12H2,1-3H3,(H,19,20). The van der Waals surface area contributed by atoms with E-state index in [-0.39, 0.29) is 18.7 Å². The number of nitrogens with one attached hydrogen (secondary N) is 1. The largest absolute Gasteiger partial charge is 0.454 e. The van der Waals surface area contributed by atoms with E-state index in [2.05, 4.69) is 26.1 Å². The first-order valence-electron chi connectivity index (χ1n) is 8.22. The van der Waals surface area contributed by atoms with Crippen molar-refractivity contribution in [3.8, 4) is 11.5 Å². The van der Waals surface area contributed by atoms with Gasteiger partial charge in [0.2, 0.25) is 12.7 Å². The third kappa shape index (κ3) is 5.24. The lowest BCUT2D eigenvalue weighted by Crippen LogP contribution is -2.32. The predicted octanol–water partition coefficient (Wildman–Crippen LogP) is 3.68. The summed E-state index contributed by atoms with van der Waals surface area (Å²) < 4.78 is 10.6. The Morgan fingerprint density at radius 3 is 2.73 bits per heavy atom. The lowest BCUT2D eigenvalue weighted by atomic mass is 10.0. The van der Waals surface area contributed by atoms with Gasteiger partial charge in [0.25, 0.3) is 0 Å². The molecule has 0 bridgehead atoms. The summed E-state index contributed by atoms with van der Waals surface area (Å²) in [6.45, 7) is 6.83. The molecule has 1 aliphatic rings. The number of aryl methyl sites for hydroxylation is 1. The Morgan fingerprint density at radius 2 is 1.95 bits per heavy atom. The summed E-state index contributed by atoms with van der Waals surface area (Å²) in [5.41, 5.74) is 1.10. The molecule has 4 nitrogen and oxygen atoms in total. The second-order valence-corrected chi connectivity index (χ2v) is 6.48. The maximum atomic E-state index is 12.0. The quantitative estimate of drug-likeness (QED) is 0.797. The third-order valence-corrected chi connectivity index (χ3v) is 3.90. The molecule has 122 valence electrons. The number of fused-ring (bicyclic) bond motifs is 1. The van der Waals surface area contributed by atoms with Crippen molar-refractivity contribution in [3.63, 3.8) is 0 Å². The molecule has 4 heteroatoms. The maximum Gasteiger partial charge on any atom is 0.231 e. The Morgan fingerprint density at radius 1 is 1.18 bits per heavy atom. The van der Waals surface area contributed by atoms with Gasteiger partial charge in [-0.25, -0.2) is 0 Å². The smallest absolute Gasteiger partial charge is 0.231 e. The molecule has 0 saturated carbocycles. The highest BCUT2D eigenvalue weighted by Crippen LogP contribution is 2.32. The number of hydrogen-bond acceptors (Lipinski definition) is 3. The van der Waals surface area contributed by atoms with Crippen molar-refractivity contribution < 1.29 is 14.3 Å². The van der Waals surface area contributed by atoms with E-state index < -0.39 is 0 Å². The van der Waals surface area contributed by atoms with Crippen LogP contribution < -0.4 is 14.8 Å². The molecule has 1 amide bonds. The van der Waals surface area contributed by atoms with Crippen LogP contribution in [-0.2, 0) is 11.2 Å². The molecule has 1 aliphatic heterocycles. The van der Waals surface area contributed by atoms with Crippen molar-refractivity contribution in [2.24, 2.45) is 5.92 Å². The molecule has 0 spiro atoms. The Bertz CT molecular complexity index is 499. The molecule has 1 aromatic rings. The molecule has 1 heterocycles. The van der Waals surface area contributed by atoms with Gasteiger partial charge in [-0.3, -0.25) is 4.79 Å². The van der Waals surface area contributed by atoms with Crippen LogP contribution in [0.3, 0.4) is 0 Å². The molecule has 0 radical (unpaired) electrons. The van der Waals surface area contributed by atoms with Gasteiger partial charge in [-0.05, 0) is 43.4 Å². The van der Waals surface area contributed by atoms with E-state index in [0.717, 1.165) is 35.8 Å². The number of carbonyl (C=O) groups is 1. The zero-order valence-electron chi connectivity index (χ0n) is 13.9. The van der Waals surface area contributed by atoms with Gasteiger partial charge in [-0.1, -0.05) is 32.8 Å². The minimum absolute atomic E-state index is 0.120. The molecule has 2 rings (SSSR count). The average molecular weight is 305 g/mol. The zero-order valence-corrected chi connectivity index (χ0v) is 13.9. The van der Waals surface area contributed by atoms with E-state index in [1.807, 2.05) is 18.2 Å². The molecular weight excluding hydrogens is 278 g/mol. The number of rotatable bonds is 8.